The van der Waals surface area contributed by atoms with Crippen LogP contribution in [0.4, 0.5) is 4.79 Å². The monoisotopic (exact) mass is 281 g/mol. The van der Waals surface area contributed by atoms with E-state index in [1.54, 1.807) is 0 Å². The van der Waals surface area contributed by atoms with Crippen molar-refractivity contribution in [1.29, 1.82) is 0 Å². The Hall–Kier alpha value is -1.63. The summed E-state index contributed by atoms with van der Waals surface area (Å²) in [7, 11) is 1.53. The summed E-state index contributed by atoms with van der Waals surface area (Å²) < 4.78 is 15.4. The van der Waals surface area contributed by atoms with E-state index >= 15 is 0 Å². The highest BCUT2D eigenvalue weighted by molar-refractivity contribution is 5.69. The van der Waals surface area contributed by atoms with Gasteiger partial charge in [0.2, 0.25) is 0 Å². The topological polar surface area (TPSA) is 68.2 Å². The van der Waals surface area contributed by atoms with Crippen LogP contribution in [0.3, 0.4) is 0 Å². The Kier molecular flexibility index (Phi) is 5.34. The minimum Gasteiger partial charge on any atom is -0.445 e. The first kappa shape index (κ1) is 14.8. The molecule has 1 aromatic rings. The lowest BCUT2D eigenvalue weighted by atomic mass is 10.0. The van der Waals surface area contributed by atoms with Crippen molar-refractivity contribution < 1.29 is 24.1 Å². The molecule has 2 rings (SSSR count). The predicted molar refractivity (Wildman–Crippen MR) is 71.0 cm³/mol. The van der Waals surface area contributed by atoms with E-state index in [0.717, 1.165) is 5.56 Å². The number of ether oxygens (including phenoxy) is 3. The maximum absolute atomic E-state index is 11.9. The number of rotatable bonds is 6. The van der Waals surface area contributed by atoms with E-state index < -0.39 is 6.09 Å². The van der Waals surface area contributed by atoms with Crippen molar-refractivity contribution in [3.8, 4) is 0 Å². The predicted octanol–water partition coefficient (Wildman–Crippen LogP) is 0.989. The van der Waals surface area contributed by atoms with E-state index in [0.29, 0.717) is 6.54 Å². The number of nitrogens with zero attached hydrogens (tertiary/aromatic N) is 1. The molecule has 20 heavy (non-hydrogen) atoms. The lowest BCUT2D eigenvalue weighted by Gasteiger charge is -2.45. The zero-order valence-electron chi connectivity index (χ0n) is 11.4. The van der Waals surface area contributed by atoms with E-state index in [9.17, 15) is 9.90 Å². The third-order valence-corrected chi connectivity index (χ3v) is 3.23. The molecule has 1 N–H and O–H groups in total. The van der Waals surface area contributed by atoms with Crippen LogP contribution in [0, 0.1) is 0 Å². The number of likely N-dealkylation sites (tertiary alicyclic amines) is 1. The van der Waals surface area contributed by atoms with Crippen molar-refractivity contribution in [2.75, 3.05) is 27.1 Å². The van der Waals surface area contributed by atoms with Crippen LogP contribution in [0.25, 0.3) is 0 Å². The second kappa shape index (κ2) is 7.23. The zero-order chi connectivity index (χ0) is 14.4. The van der Waals surface area contributed by atoms with Gasteiger partial charge in [0, 0.05) is 7.11 Å². The molecule has 2 atom stereocenters. The second-order valence-electron chi connectivity index (χ2n) is 4.55. The van der Waals surface area contributed by atoms with Gasteiger partial charge < -0.3 is 19.3 Å². The number of aliphatic hydroxyl groups excluding tert-OH is 1. The van der Waals surface area contributed by atoms with Gasteiger partial charge in [0.25, 0.3) is 0 Å². The largest absolute Gasteiger partial charge is 0.445 e. The minimum absolute atomic E-state index is 0.147. The molecule has 0 spiro atoms. The number of hydrogen-bond acceptors (Lipinski definition) is 5. The van der Waals surface area contributed by atoms with E-state index in [4.69, 9.17) is 14.2 Å². The molecule has 0 radical (unpaired) electrons. The fourth-order valence-corrected chi connectivity index (χ4v) is 2.06. The highest BCUT2D eigenvalue weighted by atomic mass is 16.7. The Morgan fingerprint density at radius 2 is 2.15 bits per heavy atom. The molecule has 1 heterocycles. The molecule has 1 amide bonds. The molecular formula is C14H19NO5. The summed E-state index contributed by atoms with van der Waals surface area (Å²) in [5.74, 6) is 0. The molecular weight excluding hydrogens is 262 g/mol. The number of methoxy groups -OCH3 is 1. The molecule has 0 unspecified atom stereocenters. The molecule has 1 aromatic carbocycles. The lowest BCUT2D eigenvalue weighted by molar-refractivity contribution is -0.155. The number of carbonyl (C=O) groups excluding carboxylic acids is 1. The van der Waals surface area contributed by atoms with Crippen molar-refractivity contribution in [2.24, 2.45) is 0 Å². The van der Waals surface area contributed by atoms with Crippen LogP contribution in [0.5, 0.6) is 0 Å². The SMILES string of the molecule is COCO[C@@H]1CN(C(=O)OCc2ccccc2)[C@H]1CO. The minimum atomic E-state index is -0.440. The zero-order valence-corrected chi connectivity index (χ0v) is 11.4. The van der Waals surface area contributed by atoms with E-state index in [-0.39, 0.29) is 32.2 Å². The van der Waals surface area contributed by atoms with E-state index in [1.807, 2.05) is 30.3 Å². The fraction of sp³-hybridized carbons (Fsp3) is 0.500. The van der Waals surface area contributed by atoms with Crippen molar-refractivity contribution in [3.63, 3.8) is 0 Å². The van der Waals surface area contributed by atoms with Gasteiger partial charge in [-0.2, -0.15) is 0 Å². The van der Waals surface area contributed by atoms with Gasteiger partial charge >= 0.3 is 6.09 Å². The molecule has 6 heteroatoms. The number of aliphatic hydroxyl groups is 1. The normalized spacial score (nSPS) is 21.4. The summed E-state index contributed by atoms with van der Waals surface area (Å²) in [4.78, 5) is 13.4. The Balaban J connectivity index is 1.78. The van der Waals surface area contributed by atoms with Gasteiger partial charge in [0.05, 0.1) is 19.2 Å². The van der Waals surface area contributed by atoms with Gasteiger partial charge in [0.1, 0.15) is 19.5 Å². The molecule has 6 nitrogen and oxygen atoms in total. The highest BCUT2D eigenvalue weighted by Gasteiger charge is 2.43. The molecule has 1 aliphatic rings. The van der Waals surface area contributed by atoms with Crippen molar-refractivity contribution in [3.05, 3.63) is 35.9 Å². The Labute approximate surface area is 117 Å². The summed E-state index contributed by atoms with van der Waals surface area (Å²) in [6, 6.07) is 9.08. The maximum atomic E-state index is 11.9. The molecule has 1 saturated heterocycles. The number of carbonyl (C=O) groups is 1. The maximum Gasteiger partial charge on any atom is 0.410 e. The van der Waals surface area contributed by atoms with Crippen LogP contribution in [-0.2, 0) is 20.8 Å². The van der Waals surface area contributed by atoms with Crippen molar-refractivity contribution in [2.45, 2.75) is 18.8 Å². The van der Waals surface area contributed by atoms with Crippen molar-refractivity contribution >= 4 is 6.09 Å². The molecule has 0 bridgehead atoms. The standard InChI is InChI=1S/C14H19NO5/c1-18-10-20-13-7-15(12(13)8-16)14(17)19-9-11-5-3-2-4-6-11/h2-6,12-13,16H,7-10H2,1H3/t12-,13+/m0/s1. The molecule has 1 fully saturated rings. The Morgan fingerprint density at radius 1 is 1.40 bits per heavy atom. The van der Waals surface area contributed by atoms with Gasteiger partial charge in [-0.15, -0.1) is 0 Å². The van der Waals surface area contributed by atoms with E-state index in [1.165, 1.54) is 12.0 Å². The number of benzene rings is 1. The van der Waals surface area contributed by atoms with Gasteiger partial charge in [0.15, 0.2) is 0 Å². The fourth-order valence-electron chi connectivity index (χ4n) is 2.06. The molecule has 0 aliphatic carbocycles. The third kappa shape index (κ3) is 3.47. The lowest BCUT2D eigenvalue weighted by Crippen LogP contribution is -2.64. The summed E-state index contributed by atoms with van der Waals surface area (Å²) >= 11 is 0. The summed E-state index contributed by atoms with van der Waals surface area (Å²) in [6.07, 6.45) is -0.644. The first-order valence-electron chi connectivity index (χ1n) is 6.45. The van der Waals surface area contributed by atoms with Crippen LogP contribution in [-0.4, -0.2) is 55.3 Å². The number of hydrogen-bond donors (Lipinski definition) is 1. The number of amides is 1. The van der Waals surface area contributed by atoms with E-state index in [2.05, 4.69) is 0 Å². The average Bonchev–Trinajstić information content (AvgIpc) is 2.45. The van der Waals surface area contributed by atoms with Crippen LogP contribution in [0.1, 0.15) is 5.56 Å². The van der Waals surface area contributed by atoms with Crippen LogP contribution >= 0.6 is 0 Å². The summed E-state index contributed by atoms with van der Waals surface area (Å²) in [5.41, 5.74) is 0.925. The van der Waals surface area contributed by atoms with Gasteiger partial charge in [-0.05, 0) is 5.56 Å². The van der Waals surface area contributed by atoms with Gasteiger partial charge in [-0.25, -0.2) is 4.79 Å². The van der Waals surface area contributed by atoms with Crippen LogP contribution in [0.2, 0.25) is 0 Å². The van der Waals surface area contributed by atoms with Crippen LogP contribution in [0.15, 0.2) is 30.3 Å². The third-order valence-electron chi connectivity index (χ3n) is 3.23. The smallest absolute Gasteiger partial charge is 0.410 e. The first-order chi connectivity index (χ1) is 9.76. The Morgan fingerprint density at radius 3 is 2.80 bits per heavy atom. The summed E-state index contributed by atoms with van der Waals surface area (Å²) in [6.45, 7) is 0.614. The van der Waals surface area contributed by atoms with Crippen molar-refractivity contribution in [1.82, 2.24) is 4.90 Å². The molecule has 0 saturated carbocycles. The molecule has 1 aliphatic heterocycles. The Bertz CT molecular complexity index is 425. The van der Waals surface area contributed by atoms with Crippen LogP contribution < -0.4 is 0 Å². The van der Waals surface area contributed by atoms with Gasteiger partial charge in [-0.3, -0.25) is 4.90 Å². The highest BCUT2D eigenvalue weighted by Crippen LogP contribution is 2.22. The molecule has 110 valence electrons. The summed E-state index contributed by atoms with van der Waals surface area (Å²) in [5, 5.41) is 9.29. The quantitative estimate of drug-likeness (QED) is 0.788. The van der Waals surface area contributed by atoms with Gasteiger partial charge in [-0.1, -0.05) is 30.3 Å². The molecule has 0 aromatic heterocycles. The second-order valence-corrected chi connectivity index (χ2v) is 4.55. The first-order valence-corrected chi connectivity index (χ1v) is 6.45. The average molecular weight is 281 g/mol.